The normalized spacial score (nSPS) is 9.88. The zero-order valence-electron chi connectivity index (χ0n) is 9.08. The topological polar surface area (TPSA) is 81.4 Å². The van der Waals surface area contributed by atoms with Gasteiger partial charge in [-0.05, 0) is 35.5 Å². The number of azide groups is 1. The van der Waals surface area contributed by atoms with E-state index in [9.17, 15) is 4.91 Å². The molecule has 0 bridgehead atoms. The molecule has 0 N–H and O–H groups in total. The SMILES string of the molecule is CN(CCN=[N+]=[N-])Cc1ccc(N=O)cc1. The molecule has 0 aliphatic heterocycles. The van der Waals surface area contributed by atoms with Crippen LogP contribution in [0.3, 0.4) is 0 Å². The van der Waals surface area contributed by atoms with Crippen molar-refractivity contribution < 1.29 is 0 Å². The molecule has 6 nitrogen and oxygen atoms in total. The molecule has 84 valence electrons. The van der Waals surface area contributed by atoms with Gasteiger partial charge in [0.15, 0.2) is 0 Å². The molecule has 0 fully saturated rings. The van der Waals surface area contributed by atoms with E-state index in [-0.39, 0.29) is 0 Å². The third-order valence-electron chi connectivity index (χ3n) is 2.14. The molecule has 0 spiro atoms. The van der Waals surface area contributed by atoms with Crippen LogP contribution in [0.25, 0.3) is 10.4 Å². The largest absolute Gasteiger partial charge is 0.302 e. The predicted molar refractivity (Wildman–Crippen MR) is 62.2 cm³/mol. The number of likely N-dealkylation sites (N-methyl/N-ethyl adjacent to an activating group) is 1. The van der Waals surface area contributed by atoms with Gasteiger partial charge >= 0.3 is 0 Å². The molecular formula is C10H13N5O. The molecule has 0 aliphatic carbocycles. The summed E-state index contributed by atoms with van der Waals surface area (Å²) in [6.07, 6.45) is 0. The standard InChI is InChI=1S/C10H13N5O/c1-15(7-6-12-14-11)8-9-2-4-10(13-16)5-3-9/h2-5H,6-8H2,1H3. The van der Waals surface area contributed by atoms with E-state index in [4.69, 9.17) is 5.53 Å². The van der Waals surface area contributed by atoms with Gasteiger partial charge in [0.2, 0.25) is 0 Å². The third kappa shape index (κ3) is 4.08. The van der Waals surface area contributed by atoms with Gasteiger partial charge in [0.05, 0.1) is 0 Å². The van der Waals surface area contributed by atoms with Crippen molar-refractivity contribution in [2.45, 2.75) is 6.54 Å². The Morgan fingerprint density at radius 2 is 2.06 bits per heavy atom. The first-order valence-corrected chi connectivity index (χ1v) is 4.88. The number of rotatable bonds is 6. The molecule has 0 amide bonds. The first kappa shape index (κ1) is 12.2. The Kier molecular flexibility index (Phi) is 4.98. The first-order valence-electron chi connectivity index (χ1n) is 4.88. The Labute approximate surface area is 93.5 Å². The van der Waals surface area contributed by atoms with Crippen molar-refractivity contribution in [2.75, 3.05) is 20.1 Å². The molecule has 0 aromatic heterocycles. The van der Waals surface area contributed by atoms with Crippen LogP contribution < -0.4 is 0 Å². The monoisotopic (exact) mass is 219 g/mol. The van der Waals surface area contributed by atoms with Crippen molar-refractivity contribution in [1.82, 2.24) is 4.90 Å². The second-order valence-electron chi connectivity index (χ2n) is 3.45. The zero-order valence-corrected chi connectivity index (χ0v) is 9.08. The lowest BCUT2D eigenvalue weighted by Crippen LogP contribution is -2.20. The van der Waals surface area contributed by atoms with Crippen molar-refractivity contribution in [2.24, 2.45) is 10.3 Å². The molecule has 0 saturated carbocycles. The highest BCUT2D eigenvalue weighted by Crippen LogP contribution is 2.13. The molecule has 0 radical (unpaired) electrons. The molecular weight excluding hydrogens is 206 g/mol. The van der Waals surface area contributed by atoms with E-state index < -0.39 is 0 Å². The molecule has 6 heteroatoms. The van der Waals surface area contributed by atoms with Crippen molar-refractivity contribution in [3.05, 3.63) is 45.2 Å². The van der Waals surface area contributed by atoms with Gasteiger partial charge in [-0.1, -0.05) is 17.2 Å². The summed E-state index contributed by atoms with van der Waals surface area (Å²) in [5.41, 5.74) is 9.65. The molecule has 0 unspecified atom stereocenters. The number of hydrogen-bond acceptors (Lipinski definition) is 4. The van der Waals surface area contributed by atoms with E-state index in [1.807, 2.05) is 24.1 Å². The van der Waals surface area contributed by atoms with E-state index in [0.29, 0.717) is 18.8 Å². The Morgan fingerprint density at radius 1 is 1.38 bits per heavy atom. The Hall–Kier alpha value is -1.91. The molecule has 0 atom stereocenters. The number of nitroso groups, excluding NO2 is 1. The van der Waals surface area contributed by atoms with Gasteiger partial charge in [-0.25, -0.2) is 0 Å². The van der Waals surface area contributed by atoms with Gasteiger partial charge in [-0.2, -0.15) is 0 Å². The van der Waals surface area contributed by atoms with Gasteiger partial charge in [0.25, 0.3) is 0 Å². The van der Waals surface area contributed by atoms with E-state index in [0.717, 1.165) is 12.1 Å². The molecule has 16 heavy (non-hydrogen) atoms. The maximum Gasteiger partial charge on any atom is 0.108 e. The van der Waals surface area contributed by atoms with Gasteiger partial charge < -0.3 is 4.90 Å². The summed E-state index contributed by atoms with van der Waals surface area (Å²) in [7, 11) is 1.94. The van der Waals surface area contributed by atoms with Crippen molar-refractivity contribution in [3.63, 3.8) is 0 Å². The quantitative estimate of drug-likeness (QED) is 0.319. The van der Waals surface area contributed by atoms with Crippen LogP contribution in [0, 0.1) is 4.91 Å². The second-order valence-corrected chi connectivity index (χ2v) is 3.45. The number of hydrogen-bond donors (Lipinski definition) is 0. The maximum absolute atomic E-state index is 10.2. The minimum absolute atomic E-state index is 0.431. The fourth-order valence-electron chi connectivity index (χ4n) is 1.31. The van der Waals surface area contributed by atoms with Crippen LogP contribution in [0.1, 0.15) is 5.56 Å². The lowest BCUT2D eigenvalue weighted by Gasteiger charge is -2.14. The second kappa shape index (κ2) is 6.55. The minimum Gasteiger partial charge on any atom is -0.302 e. The summed E-state index contributed by atoms with van der Waals surface area (Å²) < 4.78 is 0. The molecule has 1 rings (SSSR count). The van der Waals surface area contributed by atoms with Crippen LogP contribution in [-0.2, 0) is 6.54 Å². The highest BCUT2D eigenvalue weighted by molar-refractivity contribution is 5.38. The summed E-state index contributed by atoms with van der Waals surface area (Å²) in [4.78, 5) is 14.9. The van der Waals surface area contributed by atoms with Crippen molar-refractivity contribution >= 4 is 5.69 Å². The summed E-state index contributed by atoms with van der Waals surface area (Å²) in [6, 6.07) is 7.09. The van der Waals surface area contributed by atoms with Gasteiger partial charge in [-0.3, -0.25) is 0 Å². The van der Waals surface area contributed by atoms with Crippen LogP contribution in [0.4, 0.5) is 5.69 Å². The minimum atomic E-state index is 0.431. The lowest BCUT2D eigenvalue weighted by molar-refractivity contribution is 0.336. The van der Waals surface area contributed by atoms with E-state index in [1.165, 1.54) is 0 Å². The van der Waals surface area contributed by atoms with Crippen LogP contribution in [0.5, 0.6) is 0 Å². The molecule has 0 saturated heterocycles. The lowest BCUT2D eigenvalue weighted by atomic mass is 10.2. The predicted octanol–water partition coefficient (Wildman–Crippen LogP) is 2.83. The van der Waals surface area contributed by atoms with Crippen molar-refractivity contribution in [1.29, 1.82) is 0 Å². The van der Waals surface area contributed by atoms with Crippen LogP contribution in [0.2, 0.25) is 0 Å². The molecule has 0 aliphatic rings. The third-order valence-corrected chi connectivity index (χ3v) is 2.14. The molecule has 1 aromatic rings. The van der Waals surface area contributed by atoms with Crippen molar-refractivity contribution in [3.8, 4) is 0 Å². The molecule has 0 heterocycles. The highest BCUT2D eigenvalue weighted by atomic mass is 16.3. The zero-order chi connectivity index (χ0) is 11.8. The Bertz CT molecular complexity index is 383. The summed E-state index contributed by atoms with van der Waals surface area (Å²) >= 11 is 0. The smallest absolute Gasteiger partial charge is 0.108 e. The van der Waals surface area contributed by atoms with Gasteiger partial charge in [-0.15, -0.1) is 4.91 Å². The maximum atomic E-state index is 10.2. The number of benzene rings is 1. The van der Waals surface area contributed by atoms with E-state index in [1.54, 1.807) is 12.1 Å². The van der Waals surface area contributed by atoms with E-state index in [2.05, 4.69) is 15.2 Å². The fraction of sp³-hybridized carbons (Fsp3) is 0.400. The van der Waals surface area contributed by atoms with Crippen LogP contribution in [-0.4, -0.2) is 25.0 Å². The Morgan fingerprint density at radius 3 is 2.62 bits per heavy atom. The van der Waals surface area contributed by atoms with Gasteiger partial charge in [0.1, 0.15) is 5.69 Å². The van der Waals surface area contributed by atoms with Gasteiger partial charge in [0, 0.05) is 24.5 Å². The number of nitrogens with zero attached hydrogens (tertiary/aromatic N) is 5. The Balaban J connectivity index is 2.45. The molecule has 1 aromatic carbocycles. The van der Waals surface area contributed by atoms with Crippen LogP contribution in [0.15, 0.2) is 34.6 Å². The summed E-state index contributed by atoms with van der Waals surface area (Å²) in [6.45, 7) is 1.92. The fourth-order valence-corrected chi connectivity index (χ4v) is 1.31. The van der Waals surface area contributed by atoms with E-state index >= 15 is 0 Å². The summed E-state index contributed by atoms with van der Waals surface area (Å²) in [5, 5.41) is 6.30. The highest BCUT2D eigenvalue weighted by Gasteiger charge is 1.99. The first-order chi connectivity index (χ1) is 7.76. The average molecular weight is 219 g/mol. The van der Waals surface area contributed by atoms with Crippen LogP contribution >= 0.6 is 0 Å². The summed E-state index contributed by atoms with van der Waals surface area (Å²) in [5.74, 6) is 0. The average Bonchev–Trinajstić information content (AvgIpc) is 2.30.